The molecule has 2 atom stereocenters. The third kappa shape index (κ3) is 3.94. The van der Waals surface area contributed by atoms with E-state index in [1.807, 2.05) is 0 Å². The summed E-state index contributed by atoms with van der Waals surface area (Å²) in [5, 5.41) is 12.8. The molecule has 2 unspecified atom stereocenters. The standard InChI is InChI=1S/C15H31NO2/c1-6-18-13-10-12(15(13,4)5)16-9-7-8-14(2,3)11-17/h12-13,16-17H,6-11H2,1-5H3. The molecule has 2 N–H and O–H groups in total. The lowest BCUT2D eigenvalue weighted by molar-refractivity contribution is -0.114. The maximum absolute atomic E-state index is 9.20. The van der Waals surface area contributed by atoms with Crippen molar-refractivity contribution in [2.24, 2.45) is 10.8 Å². The van der Waals surface area contributed by atoms with E-state index >= 15 is 0 Å². The first kappa shape index (κ1) is 15.9. The van der Waals surface area contributed by atoms with E-state index < -0.39 is 0 Å². The maximum Gasteiger partial charge on any atom is 0.0655 e. The zero-order chi connectivity index (χ0) is 13.8. The minimum atomic E-state index is 0.0602. The Morgan fingerprint density at radius 3 is 2.56 bits per heavy atom. The van der Waals surface area contributed by atoms with E-state index in [1.54, 1.807) is 0 Å². The van der Waals surface area contributed by atoms with E-state index in [4.69, 9.17) is 4.74 Å². The minimum absolute atomic E-state index is 0.0602. The van der Waals surface area contributed by atoms with E-state index in [0.717, 1.165) is 32.4 Å². The van der Waals surface area contributed by atoms with Crippen LogP contribution in [-0.2, 0) is 4.74 Å². The number of ether oxygens (including phenoxy) is 1. The molecule has 0 heterocycles. The van der Waals surface area contributed by atoms with Gasteiger partial charge in [-0.1, -0.05) is 27.7 Å². The van der Waals surface area contributed by atoms with Crippen LogP contribution in [0.15, 0.2) is 0 Å². The summed E-state index contributed by atoms with van der Waals surface area (Å²) in [6.45, 7) is 13.0. The number of nitrogens with one attached hydrogen (secondary N) is 1. The fourth-order valence-electron chi connectivity index (χ4n) is 2.64. The highest BCUT2D eigenvalue weighted by Crippen LogP contribution is 2.42. The Kier molecular flexibility index (Phi) is 5.63. The number of rotatable bonds is 8. The Labute approximate surface area is 112 Å². The molecule has 3 heteroatoms. The first-order valence-electron chi connectivity index (χ1n) is 7.29. The second-order valence-electron chi connectivity index (χ2n) is 6.93. The van der Waals surface area contributed by atoms with Crippen molar-refractivity contribution in [1.29, 1.82) is 0 Å². The third-order valence-corrected chi connectivity index (χ3v) is 4.39. The van der Waals surface area contributed by atoms with E-state index in [0.29, 0.717) is 12.1 Å². The van der Waals surface area contributed by atoms with Crippen molar-refractivity contribution in [3.8, 4) is 0 Å². The lowest BCUT2D eigenvalue weighted by Crippen LogP contribution is -2.61. The van der Waals surface area contributed by atoms with Gasteiger partial charge in [-0.05, 0) is 38.1 Å². The van der Waals surface area contributed by atoms with E-state index in [1.165, 1.54) is 0 Å². The molecule has 108 valence electrons. The van der Waals surface area contributed by atoms with Crippen molar-refractivity contribution in [1.82, 2.24) is 5.32 Å². The highest BCUT2D eigenvalue weighted by atomic mass is 16.5. The molecule has 3 nitrogen and oxygen atoms in total. The van der Waals surface area contributed by atoms with Crippen LogP contribution in [0.1, 0.15) is 53.9 Å². The molecule has 18 heavy (non-hydrogen) atoms. The van der Waals surface area contributed by atoms with Gasteiger partial charge in [0.15, 0.2) is 0 Å². The Morgan fingerprint density at radius 2 is 2.06 bits per heavy atom. The van der Waals surface area contributed by atoms with Crippen LogP contribution in [0, 0.1) is 10.8 Å². The first-order chi connectivity index (χ1) is 8.33. The highest BCUT2D eigenvalue weighted by Gasteiger charge is 2.48. The van der Waals surface area contributed by atoms with Crippen molar-refractivity contribution < 1.29 is 9.84 Å². The van der Waals surface area contributed by atoms with Crippen molar-refractivity contribution in [3.05, 3.63) is 0 Å². The summed E-state index contributed by atoms with van der Waals surface area (Å²) in [5.74, 6) is 0. The van der Waals surface area contributed by atoms with Crippen LogP contribution in [-0.4, -0.2) is 37.0 Å². The number of hydrogen-bond acceptors (Lipinski definition) is 3. The zero-order valence-corrected chi connectivity index (χ0v) is 12.8. The monoisotopic (exact) mass is 257 g/mol. The van der Waals surface area contributed by atoms with Gasteiger partial charge in [0.2, 0.25) is 0 Å². The van der Waals surface area contributed by atoms with Gasteiger partial charge >= 0.3 is 0 Å². The van der Waals surface area contributed by atoms with Gasteiger partial charge in [0.1, 0.15) is 0 Å². The Morgan fingerprint density at radius 1 is 1.39 bits per heavy atom. The minimum Gasteiger partial charge on any atom is -0.396 e. The second-order valence-corrected chi connectivity index (χ2v) is 6.93. The molecule has 0 bridgehead atoms. The molecule has 1 fully saturated rings. The Balaban J connectivity index is 2.18. The smallest absolute Gasteiger partial charge is 0.0655 e. The van der Waals surface area contributed by atoms with Gasteiger partial charge < -0.3 is 15.2 Å². The fourth-order valence-corrected chi connectivity index (χ4v) is 2.64. The molecule has 0 saturated heterocycles. The lowest BCUT2D eigenvalue weighted by Gasteiger charge is -2.52. The normalized spacial score (nSPS) is 27.0. The number of aliphatic hydroxyl groups excluding tert-OH is 1. The van der Waals surface area contributed by atoms with Crippen molar-refractivity contribution in [3.63, 3.8) is 0 Å². The molecule has 0 aromatic carbocycles. The summed E-state index contributed by atoms with van der Waals surface area (Å²) < 4.78 is 5.73. The van der Waals surface area contributed by atoms with Crippen molar-refractivity contribution in [2.45, 2.75) is 66.0 Å². The summed E-state index contributed by atoms with van der Waals surface area (Å²) in [7, 11) is 0. The topological polar surface area (TPSA) is 41.5 Å². The first-order valence-corrected chi connectivity index (χ1v) is 7.29. The zero-order valence-electron chi connectivity index (χ0n) is 12.8. The van der Waals surface area contributed by atoms with Crippen LogP contribution in [0.3, 0.4) is 0 Å². The van der Waals surface area contributed by atoms with Gasteiger partial charge in [-0.3, -0.25) is 0 Å². The molecule has 1 saturated carbocycles. The molecule has 1 rings (SSSR count). The molecular formula is C15H31NO2. The van der Waals surface area contributed by atoms with Gasteiger partial charge in [-0.15, -0.1) is 0 Å². The van der Waals surface area contributed by atoms with Gasteiger partial charge in [0, 0.05) is 24.7 Å². The predicted molar refractivity (Wildman–Crippen MR) is 75.7 cm³/mol. The molecule has 1 aliphatic carbocycles. The van der Waals surface area contributed by atoms with E-state index in [9.17, 15) is 5.11 Å². The molecule has 0 spiro atoms. The molecular weight excluding hydrogens is 226 g/mol. The van der Waals surface area contributed by atoms with Gasteiger partial charge in [-0.25, -0.2) is 0 Å². The summed E-state index contributed by atoms with van der Waals surface area (Å²) >= 11 is 0. The van der Waals surface area contributed by atoms with E-state index in [-0.39, 0.29) is 17.4 Å². The van der Waals surface area contributed by atoms with E-state index in [2.05, 4.69) is 39.9 Å². The van der Waals surface area contributed by atoms with Crippen LogP contribution < -0.4 is 5.32 Å². The van der Waals surface area contributed by atoms with Gasteiger partial charge in [-0.2, -0.15) is 0 Å². The third-order valence-electron chi connectivity index (χ3n) is 4.39. The average molecular weight is 257 g/mol. The van der Waals surface area contributed by atoms with Gasteiger partial charge in [0.25, 0.3) is 0 Å². The summed E-state index contributed by atoms with van der Waals surface area (Å²) in [5.41, 5.74) is 0.313. The fraction of sp³-hybridized carbons (Fsp3) is 1.00. The molecule has 0 amide bonds. The lowest BCUT2D eigenvalue weighted by atomic mass is 9.64. The second kappa shape index (κ2) is 6.36. The molecule has 0 radical (unpaired) electrons. The quantitative estimate of drug-likeness (QED) is 0.657. The molecule has 1 aliphatic rings. The Bertz CT molecular complexity index is 251. The number of aliphatic hydroxyl groups is 1. The van der Waals surface area contributed by atoms with Crippen LogP contribution in [0.25, 0.3) is 0 Å². The maximum atomic E-state index is 9.20. The average Bonchev–Trinajstić information content (AvgIpc) is 2.31. The SMILES string of the molecule is CCOC1CC(NCCCC(C)(C)CO)C1(C)C. The van der Waals surface area contributed by atoms with Crippen molar-refractivity contribution >= 4 is 0 Å². The largest absolute Gasteiger partial charge is 0.396 e. The van der Waals surface area contributed by atoms with Crippen LogP contribution in [0.2, 0.25) is 0 Å². The number of hydrogen-bond donors (Lipinski definition) is 2. The van der Waals surface area contributed by atoms with Crippen LogP contribution in [0.4, 0.5) is 0 Å². The summed E-state index contributed by atoms with van der Waals surface area (Å²) in [6, 6.07) is 0.575. The molecule has 0 aliphatic heterocycles. The van der Waals surface area contributed by atoms with Crippen LogP contribution >= 0.6 is 0 Å². The summed E-state index contributed by atoms with van der Waals surface area (Å²) in [6.07, 6.45) is 3.73. The predicted octanol–water partition coefficient (Wildman–Crippen LogP) is 2.58. The van der Waals surface area contributed by atoms with Crippen LogP contribution in [0.5, 0.6) is 0 Å². The van der Waals surface area contributed by atoms with Crippen molar-refractivity contribution in [2.75, 3.05) is 19.8 Å². The van der Waals surface area contributed by atoms with Gasteiger partial charge in [0.05, 0.1) is 6.10 Å². The summed E-state index contributed by atoms with van der Waals surface area (Å²) in [4.78, 5) is 0. The highest BCUT2D eigenvalue weighted by molar-refractivity contribution is 5.02. The molecule has 0 aromatic rings. The molecule has 0 aromatic heterocycles. The Hall–Kier alpha value is -0.120.